The lowest BCUT2D eigenvalue weighted by atomic mass is 9.92. The molecule has 0 radical (unpaired) electrons. The first kappa shape index (κ1) is 16.9. The lowest BCUT2D eigenvalue weighted by molar-refractivity contribution is -0.746. The maximum absolute atomic E-state index is 13.1. The second-order valence-corrected chi connectivity index (χ2v) is 7.11. The van der Waals surface area contributed by atoms with Crippen LogP contribution in [0.2, 0.25) is 0 Å². The van der Waals surface area contributed by atoms with Crippen LogP contribution >= 0.6 is 0 Å². The number of quaternary nitrogens is 1. The molecule has 2 aliphatic heterocycles. The van der Waals surface area contributed by atoms with Gasteiger partial charge in [0, 0.05) is 0 Å². The van der Waals surface area contributed by atoms with Crippen molar-refractivity contribution in [3.8, 4) is 11.5 Å². The lowest BCUT2D eigenvalue weighted by Gasteiger charge is -2.46. The first-order valence-electron chi connectivity index (χ1n) is 9.42. The van der Waals surface area contributed by atoms with Crippen LogP contribution in [-0.4, -0.2) is 23.2 Å². The maximum atomic E-state index is 13.1. The Labute approximate surface area is 163 Å². The molecule has 2 heterocycles. The van der Waals surface area contributed by atoms with Gasteiger partial charge in [0.05, 0.1) is 30.3 Å². The van der Waals surface area contributed by atoms with Crippen molar-refractivity contribution >= 4 is 18.2 Å². The molecular weight excluding hydrogens is 355 g/mol. The van der Waals surface area contributed by atoms with Gasteiger partial charge < -0.3 is 4.74 Å². The summed E-state index contributed by atoms with van der Waals surface area (Å²) in [4.78, 5) is 8.68. The minimum Gasteiger partial charge on any atom is -0.457 e. The molecule has 0 spiro atoms. The van der Waals surface area contributed by atoms with Crippen molar-refractivity contribution in [2.45, 2.75) is 25.3 Å². The van der Waals surface area contributed by atoms with E-state index < -0.39 is 0 Å². The summed E-state index contributed by atoms with van der Waals surface area (Å²) >= 11 is 0. The second kappa shape index (κ2) is 6.73. The number of fused-ring (bicyclic) bond motifs is 1. The molecule has 1 fully saturated rings. The monoisotopic (exact) mass is 375 g/mol. The number of halogens is 1. The van der Waals surface area contributed by atoms with Crippen molar-refractivity contribution in [1.82, 2.24) is 0 Å². The molecule has 1 unspecified atom stereocenters. The van der Waals surface area contributed by atoms with Gasteiger partial charge in [-0.3, -0.25) is 4.99 Å². The highest BCUT2D eigenvalue weighted by molar-refractivity contribution is 5.82. The number of anilines is 1. The van der Waals surface area contributed by atoms with Crippen LogP contribution in [-0.2, 0) is 0 Å². The maximum Gasteiger partial charge on any atom is 0.225 e. The molecule has 28 heavy (non-hydrogen) atoms. The standard InChI is InChI=1S/C22H20FN4O/c23-17-4-8-21(9-5-17)28-22-10-6-19(7-11-22)26(18-2-1-3-18)27-13-12-24-14-20(27)15-25-16-27/h4-16,18H,1-3H2/q+1. The minimum atomic E-state index is -0.276. The number of rotatable bonds is 5. The van der Waals surface area contributed by atoms with E-state index in [1.165, 1.54) is 18.6 Å². The van der Waals surface area contributed by atoms with Crippen molar-refractivity contribution in [2.24, 2.45) is 9.98 Å². The van der Waals surface area contributed by atoms with Gasteiger partial charge in [-0.05, 0) is 67.8 Å². The molecule has 1 saturated carbocycles. The molecule has 0 N–H and O–H groups in total. The smallest absolute Gasteiger partial charge is 0.225 e. The average Bonchev–Trinajstić information content (AvgIpc) is 3.12. The van der Waals surface area contributed by atoms with Crippen LogP contribution in [0.15, 0.2) is 82.8 Å². The Morgan fingerprint density at radius 3 is 2.36 bits per heavy atom. The van der Waals surface area contributed by atoms with Gasteiger partial charge >= 0.3 is 0 Å². The quantitative estimate of drug-likeness (QED) is 0.678. The van der Waals surface area contributed by atoms with Crippen LogP contribution in [0, 0.1) is 5.82 Å². The highest BCUT2D eigenvalue weighted by atomic mass is 19.1. The Morgan fingerprint density at radius 2 is 1.68 bits per heavy atom. The number of aliphatic imine (C=N–C) groups is 2. The fourth-order valence-electron chi connectivity index (χ4n) is 3.74. The van der Waals surface area contributed by atoms with Crippen molar-refractivity contribution in [1.29, 1.82) is 0 Å². The van der Waals surface area contributed by atoms with Gasteiger partial charge in [0.25, 0.3) is 0 Å². The molecule has 140 valence electrons. The van der Waals surface area contributed by atoms with E-state index in [1.54, 1.807) is 12.1 Å². The summed E-state index contributed by atoms with van der Waals surface area (Å²) in [6, 6.07) is 14.5. The number of ether oxygens (including phenoxy) is 1. The molecule has 0 saturated heterocycles. The van der Waals surface area contributed by atoms with Crippen LogP contribution in [0.4, 0.5) is 10.1 Å². The van der Waals surface area contributed by atoms with Gasteiger partial charge in [-0.15, -0.1) is 4.59 Å². The summed E-state index contributed by atoms with van der Waals surface area (Å²) in [6.07, 6.45) is 13.1. The molecule has 5 rings (SSSR count). The summed E-state index contributed by atoms with van der Waals surface area (Å²) in [5.41, 5.74) is 2.12. The number of benzene rings is 2. The van der Waals surface area contributed by atoms with Crippen LogP contribution in [0.1, 0.15) is 19.3 Å². The molecular formula is C22H20FN4O+. The first-order valence-corrected chi connectivity index (χ1v) is 9.42. The van der Waals surface area contributed by atoms with E-state index in [0.29, 0.717) is 22.1 Å². The van der Waals surface area contributed by atoms with E-state index >= 15 is 0 Å². The Morgan fingerprint density at radius 1 is 0.964 bits per heavy atom. The van der Waals surface area contributed by atoms with Gasteiger partial charge in [0.15, 0.2) is 6.20 Å². The Bertz CT molecular complexity index is 990. The number of nitrogens with zero attached hydrogens (tertiary/aromatic N) is 4. The molecule has 2 aromatic carbocycles. The molecule has 5 nitrogen and oxygen atoms in total. The predicted molar refractivity (Wildman–Crippen MR) is 108 cm³/mol. The normalized spacial score (nSPS) is 22.5. The number of allylic oxidation sites excluding steroid dienone is 1. The third kappa shape index (κ3) is 2.82. The lowest BCUT2D eigenvalue weighted by Crippen LogP contribution is -2.61. The summed E-state index contributed by atoms with van der Waals surface area (Å²) in [7, 11) is 0. The Balaban J connectivity index is 1.45. The van der Waals surface area contributed by atoms with Crippen molar-refractivity contribution < 1.29 is 13.7 Å². The van der Waals surface area contributed by atoms with Crippen LogP contribution in [0.25, 0.3) is 0 Å². The average molecular weight is 375 g/mol. The third-order valence-electron chi connectivity index (χ3n) is 5.38. The molecule has 0 aromatic heterocycles. The zero-order valence-electron chi connectivity index (χ0n) is 15.3. The molecule has 2 aromatic rings. The fourth-order valence-corrected chi connectivity index (χ4v) is 3.74. The Hall–Kier alpha value is -3.25. The van der Waals surface area contributed by atoms with Crippen LogP contribution < -0.4 is 9.75 Å². The van der Waals surface area contributed by atoms with Crippen LogP contribution in [0.3, 0.4) is 0 Å². The Kier molecular flexibility index (Phi) is 4.06. The first-order chi connectivity index (χ1) is 13.7. The van der Waals surface area contributed by atoms with E-state index in [1.807, 2.05) is 37.1 Å². The van der Waals surface area contributed by atoms with Gasteiger partial charge in [-0.25, -0.2) is 14.4 Å². The van der Waals surface area contributed by atoms with E-state index in [0.717, 1.165) is 24.2 Å². The van der Waals surface area contributed by atoms with E-state index in [4.69, 9.17) is 4.74 Å². The van der Waals surface area contributed by atoms with Crippen LogP contribution in [0.5, 0.6) is 11.5 Å². The topological polar surface area (TPSA) is 37.2 Å². The molecule has 6 heteroatoms. The largest absolute Gasteiger partial charge is 0.457 e. The van der Waals surface area contributed by atoms with E-state index in [2.05, 4.69) is 33.3 Å². The third-order valence-corrected chi connectivity index (χ3v) is 5.38. The molecule has 1 aliphatic carbocycles. The number of hydrogen-bond donors (Lipinski definition) is 0. The van der Waals surface area contributed by atoms with Gasteiger partial charge in [0.1, 0.15) is 17.3 Å². The van der Waals surface area contributed by atoms with Crippen molar-refractivity contribution in [3.05, 3.63) is 78.6 Å². The van der Waals surface area contributed by atoms with Crippen molar-refractivity contribution in [2.75, 3.05) is 5.01 Å². The fraction of sp³-hybridized carbons (Fsp3) is 0.182. The highest BCUT2D eigenvalue weighted by Crippen LogP contribution is 2.39. The summed E-state index contributed by atoms with van der Waals surface area (Å²) in [5.74, 6) is 1.05. The highest BCUT2D eigenvalue weighted by Gasteiger charge is 2.46. The molecule has 0 bridgehead atoms. The van der Waals surface area contributed by atoms with Gasteiger partial charge in [-0.2, -0.15) is 0 Å². The SMILES string of the molecule is Fc1ccc(Oc2ccc(N(C3CCC3)[N+]34C=CN=CC3=CN=C4)cc2)cc1. The van der Waals surface area contributed by atoms with E-state index in [9.17, 15) is 4.39 Å². The van der Waals surface area contributed by atoms with E-state index in [-0.39, 0.29) is 5.82 Å². The summed E-state index contributed by atoms with van der Waals surface area (Å²) < 4.78 is 19.3. The molecule has 3 aliphatic rings. The predicted octanol–water partition coefficient (Wildman–Crippen LogP) is 5.15. The van der Waals surface area contributed by atoms with Crippen molar-refractivity contribution in [3.63, 3.8) is 0 Å². The summed E-state index contributed by atoms with van der Waals surface area (Å²) in [6.45, 7) is 0. The van der Waals surface area contributed by atoms with Gasteiger partial charge in [-0.1, -0.05) is 0 Å². The zero-order chi connectivity index (χ0) is 19.0. The molecule has 1 atom stereocenters. The summed E-state index contributed by atoms with van der Waals surface area (Å²) in [5, 5.41) is 2.38. The zero-order valence-corrected chi connectivity index (χ0v) is 15.3. The van der Waals surface area contributed by atoms with Gasteiger partial charge in [0.2, 0.25) is 12.0 Å². The number of hydrogen-bond acceptors (Lipinski definition) is 4. The minimum absolute atomic E-state index is 0.276. The second-order valence-electron chi connectivity index (χ2n) is 7.11. The molecule has 0 amide bonds.